The number of hydrogen-bond acceptors (Lipinski definition) is 7. The summed E-state index contributed by atoms with van der Waals surface area (Å²) in [5, 5.41) is 3.83. The van der Waals surface area contributed by atoms with Gasteiger partial charge in [-0.05, 0) is 12.8 Å². The van der Waals surface area contributed by atoms with E-state index >= 15 is 0 Å². The monoisotopic (exact) mass is 341 g/mol. The third-order valence-corrected chi connectivity index (χ3v) is 5.39. The topological polar surface area (TPSA) is 103 Å². The third-order valence-electron chi connectivity index (χ3n) is 3.64. The molecular weight excluding hydrogens is 322 g/mol. The molecule has 3 heterocycles. The molecule has 1 saturated heterocycles. The van der Waals surface area contributed by atoms with Gasteiger partial charge in [-0.25, -0.2) is 13.4 Å². The highest BCUT2D eigenvalue weighted by atomic mass is 32.2. The van der Waals surface area contributed by atoms with E-state index in [0.717, 1.165) is 12.8 Å². The van der Waals surface area contributed by atoms with Gasteiger partial charge in [-0.1, -0.05) is 5.16 Å². The van der Waals surface area contributed by atoms with E-state index in [9.17, 15) is 8.42 Å². The van der Waals surface area contributed by atoms with E-state index in [2.05, 4.69) is 15.1 Å². The molecule has 10 heteroatoms. The van der Waals surface area contributed by atoms with Crippen LogP contribution in [0.5, 0.6) is 0 Å². The van der Waals surface area contributed by atoms with Crippen LogP contribution in [0.15, 0.2) is 22.1 Å². The second-order valence-electron chi connectivity index (χ2n) is 5.55. The number of nitrogens with zero attached hydrogens (tertiary/aromatic N) is 5. The summed E-state index contributed by atoms with van der Waals surface area (Å²) in [5.41, 5.74) is 0. The van der Waals surface area contributed by atoms with Gasteiger partial charge >= 0.3 is 0 Å². The van der Waals surface area contributed by atoms with Crippen LogP contribution in [0.2, 0.25) is 0 Å². The molecule has 0 amide bonds. The molecule has 1 atom stereocenters. The Morgan fingerprint density at radius 3 is 2.96 bits per heavy atom. The zero-order valence-electron chi connectivity index (χ0n) is 13.0. The Hall–Kier alpha value is -1.78. The molecule has 9 nitrogen and oxygen atoms in total. The molecule has 1 fully saturated rings. The number of aromatic nitrogens is 4. The molecule has 0 N–H and O–H groups in total. The highest BCUT2D eigenvalue weighted by molar-refractivity contribution is 7.89. The minimum absolute atomic E-state index is 0.0643. The number of piperidine rings is 1. The fourth-order valence-electron chi connectivity index (χ4n) is 2.51. The SMILES string of the molecule is Cc1nc(COC2CCCN(S(=O)(=O)c3cn(C)cn3)C2)no1. The first-order valence-electron chi connectivity index (χ1n) is 7.34. The van der Waals surface area contributed by atoms with Crippen molar-refractivity contribution in [3.63, 3.8) is 0 Å². The Morgan fingerprint density at radius 1 is 1.48 bits per heavy atom. The van der Waals surface area contributed by atoms with E-state index in [4.69, 9.17) is 9.26 Å². The van der Waals surface area contributed by atoms with Gasteiger partial charge in [0.25, 0.3) is 10.0 Å². The first-order valence-corrected chi connectivity index (χ1v) is 8.78. The van der Waals surface area contributed by atoms with Gasteiger partial charge in [-0.3, -0.25) is 0 Å². The van der Waals surface area contributed by atoms with E-state index in [1.54, 1.807) is 18.5 Å². The molecule has 23 heavy (non-hydrogen) atoms. The highest BCUT2D eigenvalue weighted by Gasteiger charge is 2.32. The van der Waals surface area contributed by atoms with Crippen LogP contribution >= 0.6 is 0 Å². The minimum Gasteiger partial charge on any atom is -0.369 e. The van der Waals surface area contributed by atoms with Crippen molar-refractivity contribution in [1.82, 2.24) is 24.0 Å². The molecule has 1 aliphatic heterocycles. The highest BCUT2D eigenvalue weighted by Crippen LogP contribution is 2.21. The summed E-state index contributed by atoms with van der Waals surface area (Å²) >= 11 is 0. The summed E-state index contributed by atoms with van der Waals surface area (Å²) in [5.74, 6) is 0.943. The number of imidazole rings is 1. The lowest BCUT2D eigenvalue weighted by Gasteiger charge is -2.31. The number of sulfonamides is 1. The van der Waals surface area contributed by atoms with Crippen molar-refractivity contribution in [2.45, 2.75) is 37.5 Å². The Morgan fingerprint density at radius 2 is 2.30 bits per heavy atom. The molecule has 3 rings (SSSR count). The summed E-state index contributed by atoms with van der Waals surface area (Å²) in [4.78, 5) is 8.01. The molecule has 126 valence electrons. The zero-order valence-corrected chi connectivity index (χ0v) is 13.9. The summed E-state index contributed by atoms with van der Waals surface area (Å²) in [6.07, 6.45) is 4.32. The lowest BCUT2D eigenvalue weighted by atomic mass is 10.1. The second kappa shape index (κ2) is 6.38. The molecule has 2 aromatic rings. The Bertz CT molecular complexity index is 769. The maximum absolute atomic E-state index is 12.6. The van der Waals surface area contributed by atoms with Crippen LogP contribution in [0.1, 0.15) is 24.6 Å². The van der Waals surface area contributed by atoms with E-state index in [-0.39, 0.29) is 17.7 Å². The van der Waals surface area contributed by atoms with E-state index in [0.29, 0.717) is 24.8 Å². The third kappa shape index (κ3) is 3.59. The number of rotatable bonds is 5. The molecule has 0 aliphatic carbocycles. The average molecular weight is 341 g/mol. The normalized spacial score (nSPS) is 20.0. The van der Waals surface area contributed by atoms with Crippen LogP contribution in [0.4, 0.5) is 0 Å². The van der Waals surface area contributed by atoms with Gasteiger partial charge in [0, 0.05) is 33.3 Å². The molecule has 0 aromatic carbocycles. The smallest absolute Gasteiger partial charge is 0.262 e. The van der Waals surface area contributed by atoms with Crippen molar-refractivity contribution in [1.29, 1.82) is 0 Å². The van der Waals surface area contributed by atoms with Crippen molar-refractivity contribution in [3.05, 3.63) is 24.2 Å². The van der Waals surface area contributed by atoms with Crippen LogP contribution in [0, 0.1) is 6.92 Å². The van der Waals surface area contributed by atoms with Crippen LogP contribution in [0.25, 0.3) is 0 Å². The predicted molar refractivity (Wildman–Crippen MR) is 78.8 cm³/mol. The van der Waals surface area contributed by atoms with Crippen molar-refractivity contribution < 1.29 is 17.7 Å². The zero-order chi connectivity index (χ0) is 16.4. The Kier molecular flexibility index (Phi) is 4.46. The molecule has 2 aromatic heterocycles. The Labute approximate surface area is 134 Å². The van der Waals surface area contributed by atoms with Crippen molar-refractivity contribution >= 4 is 10.0 Å². The molecule has 0 saturated carbocycles. The number of hydrogen-bond donors (Lipinski definition) is 0. The minimum atomic E-state index is -3.58. The maximum atomic E-state index is 12.6. The average Bonchev–Trinajstić information content (AvgIpc) is 3.14. The molecule has 1 aliphatic rings. The van der Waals surface area contributed by atoms with Crippen molar-refractivity contribution in [2.75, 3.05) is 13.1 Å². The number of aryl methyl sites for hydroxylation is 2. The maximum Gasteiger partial charge on any atom is 0.262 e. The Balaban J connectivity index is 1.63. The predicted octanol–water partition coefficient (Wildman–Crippen LogP) is 0.481. The van der Waals surface area contributed by atoms with Gasteiger partial charge in [-0.2, -0.15) is 9.29 Å². The first-order chi connectivity index (χ1) is 10.9. The molecule has 0 spiro atoms. The lowest BCUT2D eigenvalue weighted by molar-refractivity contribution is 0.00434. The van der Waals surface area contributed by atoms with Crippen LogP contribution in [-0.4, -0.2) is 51.6 Å². The quantitative estimate of drug-likeness (QED) is 0.779. The van der Waals surface area contributed by atoms with Crippen molar-refractivity contribution in [3.8, 4) is 0 Å². The lowest BCUT2D eigenvalue weighted by Crippen LogP contribution is -2.43. The van der Waals surface area contributed by atoms with Gasteiger partial charge in [0.05, 0.1) is 12.4 Å². The first kappa shape index (κ1) is 16.1. The molecule has 1 unspecified atom stereocenters. The van der Waals surface area contributed by atoms with Crippen molar-refractivity contribution in [2.24, 2.45) is 7.05 Å². The van der Waals surface area contributed by atoms with Crippen LogP contribution in [-0.2, 0) is 28.4 Å². The van der Waals surface area contributed by atoms with Crippen LogP contribution in [0.3, 0.4) is 0 Å². The van der Waals surface area contributed by atoms with E-state index in [1.165, 1.54) is 16.8 Å². The van der Waals surface area contributed by atoms with Gasteiger partial charge < -0.3 is 13.8 Å². The van der Waals surface area contributed by atoms with E-state index in [1.807, 2.05) is 0 Å². The summed E-state index contributed by atoms with van der Waals surface area (Å²) in [6.45, 7) is 2.69. The van der Waals surface area contributed by atoms with Gasteiger partial charge in [0.2, 0.25) is 5.89 Å². The molecule has 0 bridgehead atoms. The van der Waals surface area contributed by atoms with E-state index < -0.39 is 10.0 Å². The summed E-state index contributed by atoms with van der Waals surface area (Å²) < 4.78 is 38.8. The fourth-order valence-corrected chi connectivity index (χ4v) is 3.98. The second-order valence-corrected chi connectivity index (χ2v) is 7.43. The standard InChI is InChI=1S/C13H19N5O4S/c1-10-15-12(16-22-10)8-21-11-4-3-5-18(6-11)23(19,20)13-7-17(2)9-14-13/h7,9,11H,3-6,8H2,1-2H3. The van der Waals surface area contributed by atoms with Gasteiger partial charge in [-0.15, -0.1) is 0 Å². The fraction of sp³-hybridized carbons (Fsp3) is 0.615. The van der Waals surface area contributed by atoms with Gasteiger partial charge in [0.1, 0.15) is 6.61 Å². The summed E-state index contributed by atoms with van der Waals surface area (Å²) in [7, 11) is -1.84. The summed E-state index contributed by atoms with van der Waals surface area (Å²) in [6, 6.07) is 0. The largest absolute Gasteiger partial charge is 0.369 e. The van der Waals surface area contributed by atoms with Gasteiger partial charge in [0.15, 0.2) is 10.9 Å². The molecular formula is C13H19N5O4S. The van der Waals surface area contributed by atoms with Crippen LogP contribution < -0.4 is 0 Å². The molecule has 0 radical (unpaired) electrons. The number of ether oxygens (including phenoxy) is 1.